The van der Waals surface area contributed by atoms with Crippen molar-refractivity contribution in [2.75, 3.05) is 5.73 Å². The lowest BCUT2D eigenvalue weighted by atomic mass is 10.3. The number of nitrogen functional groups attached to an aromatic ring is 1. The zero-order valence-electron chi connectivity index (χ0n) is 11.8. The third kappa shape index (κ3) is 1.91. The molecule has 9 heteroatoms. The molecule has 0 saturated carbocycles. The molecule has 2 N–H and O–H groups in total. The highest BCUT2D eigenvalue weighted by Gasteiger charge is 2.15. The average Bonchev–Trinajstić information content (AvgIpc) is 3.17. The zero-order chi connectivity index (χ0) is 15.3. The number of nitrogens with two attached hydrogens (primary N) is 1. The molecule has 0 bridgehead atoms. The summed E-state index contributed by atoms with van der Waals surface area (Å²) in [5.74, 6) is 1.95. The van der Waals surface area contributed by atoms with Crippen molar-refractivity contribution < 1.29 is 9.05 Å². The van der Waals surface area contributed by atoms with Crippen molar-refractivity contribution >= 4 is 11.6 Å². The number of nitrogens with zero attached hydrogens (tertiary/aromatic N) is 6. The van der Waals surface area contributed by atoms with Crippen LogP contribution in [0.1, 0.15) is 11.5 Å². The van der Waals surface area contributed by atoms with Crippen molar-refractivity contribution in [1.29, 1.82) is 0 Å². The van der Waals surface area contributed by atoms with Crippen LogP contribution in [0.15, 0.2) is 27.2 Å². The van der Waals surface area contributed by atoms with E-state index < -0.39 is 0 Å². The predicted octanol–water partition coefficient (Wildman–Crippen LogP) is 1.63. The first-order valence-corrected chi connectivity index (χ1v) is 6.51. The second-order valence-corrected chi connectivity index (χ2v) is 4.85. The van der Waals surface area contributed by atoms with Gasteiger partial charge in [-0.3, -0.25) is 0 Å². The normalized spacial score (nSPS) is 11.4. The van der Waals surface area contributed by atoms with Gasteiger partial charge in [0.25, 0.3) is 0 Å². The van der Waals surface area contributed by atoms with Gasteiger partial charge in [0.2, 0.25) is 5.95 Å². The molecule has 0 amide bonds. The molecule has 22 heavy (non-hydrogen) atoms. The summed E-state index contributed by atoms with van der Waals surface area (Å²) in [5.41, 5.74) is 8.22. The Kier molecular flexibility index (Phi) is 2.49. The molecule has 0 aliphatic heterocycles. The molecule has 9 nitrogen and oxygen atoms in total. The molecule has 0 saturated heterocycles. The summed E-state index contributed by atoms with van der Waals surface area (Å²) in [7, 11) is 0. The van der Waals surface area contributed by atoms with Gasteiger partial charge in [-0.1, -0.05) is 10.3 Å². The molecule has 0 radical (unpaired) electrons. The smallest absolute Gasteiger partial charge is 0.225 e. The Morgan fingerprint density at radius 3 is 2.23 bits per heavy atom. The van der Waals surface area contributed by atoms with Crippen molar-refractivity contribution in [3.8, 4) is 22.9 Å². The molecule has 110 valence electrons. The SMILES string of the molecule is Cc1cc(-c2cc3nc(-c4cc(C)on4)nc(N)n3n2)no1. The average molecular weight is 297 g/mol. The van der Waals surface area contributed by atoms with Crippen molar-refractivity contribution in [3.05, 3.63) is 29.7 Å². The van der Waals surface area contributed by atoms with E-state index in [9.17, 15) is 0 Å². The van der Waals surface area contributed by atoms with Crippen molar-refractivity contribution in [2.45, 2.75) is 13.8 Å². The van der Waals surface area contributed by atoms with Crippen molar-refractivity contribution in [1.82, 2.24) is 29.9 Å². The number of aryl methyl sites for hydroxylation is 2. The molecule has 4 rings (SSSR count). The summed E-state index contributed by atoms with van der Waals surface area (Å²) in [5, 5.41) is 12.2. The number of rotatable bonds is 2. The lowest BCUT2D eigenvalue weighted by molar-refractivity contribution is 0.399. The van der Waals surface area contributed by atoms with E-state index in [0.29, 0.717) is 40.1 Å². The molecule has 0 aliphatic carbocycles. The van der Waals surface area contributed by atoms with E-state index in [1.54, 1.807) is 25.1 Å². The molecule has 0 unspecified atom stereocenters. The maximum Gasteiger partial charge on any atom is 0.225 e. The van der Waals surface area contributed by atoms with Crippen LogP contribution in [0.3, 0.4) is 0 Å². The van der Waals surface area contributed by atoms with Crippen LogP contribution in [0, 0.1) is 13.8 Å². The summed E-state index contributed by atoms with van der Waals surface area (Å²) in [6.45, 7) is 3.60. The van der Waals surface area contributed by atoms with Gasteiger partial charge in [0.15, 0.2) is 17.2 Å². The zero-order valence-corrected chi connectivity index (χ0v) is 11.8. The molecule has 0 spiro atoms. The second kappa shape index (κ2) is 4.38. The lowest BCUT2D eigenvalue weighted by Gasteiger charge is -1.99. The van der Waals surface area contributed by atoms with E-state index in [4.69, 9.17) is 14.8 Å². The summed E-state index contributed by atoms with van der Waals surface area (Å²) >= 11 is 0. The van der Waals surface area contributed by atoms with Gasteiger partial charge in [0.1, 0.15) is 22.9 Å². The molecule has 4 aromatic heterocycles. The van der Waals surface area contributed by atoms with Crippen molar-refractivity contribution in [3.63, 3.8) is 0 Å². The Balaban J connectivity index is 1.87. The maximum atomic E-state index is 5.94. The van der Waals surface area contributed by atoms with Gasteiger partial charge in [0, 0.05) is 18.2 Å². The minimum absolute atomic E-state index is 0.201. The molecular formula is C13H11N7O2. The largest absolute Gasteiger partial charge is 0.368 e. The van der Waals surface area contributed by atoms with Crippen LogP contribution in [0.2, 0.25) is 0 Å². The Bertz CT molecular complexity index is 982. The standard InChI is InChI=1S/C13H11N7O2/c1-6-3-9(18-21-6)8-5-11-15-12(10-4-7(2)22-19-10)16-13(14)20(11)17-8/h3-5H,1-2H3,(H2,14,15,16). The topological polar surface area (TPSA) is 121 Å². The first-order valence-electron chi connectivity index (χ1n) is 6.51. The fourth-order valence-corrected chi connectivity index (χ4v) is 2.11. The fourth-order valence-electron chi connectivity index (χ4n) is 2.11. The van der Waals surface area contributed by atoms with E-state index >= 15 is 0 Å². The number of hydrogen-bond acceptors (Lipinski definition) is 8. The van der Waals surface area contributed by atoms with E-state index in [1.807, 2.05) is 6.92 Å². The van der Waals surface area contributed by atoms with Gasteiger partial charge in [-0.2, -0.15) is 14.6 Å². The highest BCUT2D eigenvalue weighted by Crippen LogP contribution is 2.22. The van der Waals surface area contributed by atoms with Gasteiger partial charge in [-0.15, -0.1) is 0 Å². The molecular weight excluding hydrogens is 286 g/mol. The van der Waals surface area contributed by atoms with Gasteiger partial charge in [-0.05, 0) is 13.8 Å². The van der Waals surface area contributed by atoms with Gasteiger partial charge in [-0.25, -0.2) is 4.98 Å². The number of aromatic nitrogens is 6. The third-order valence-electron chi connectivity index (χ3n) is 3.10. The van der Waals surface area contributed by atoms with E-state index in [-0.39, 0.29) is 5.95 Å². The summed E-state index contributed by atoms with van der Waals surface area (Å²) in [6.07, 6.45) is 0. The van der Waals surface area contributed by atoms with Crippen LogP contribution < -0.4 is 5.73 Å². The van der Waals surface area contributed by atoms with Gasteiger partial charge < -0.3 is 14.8 Å². The Labute approximate surface area is 123 Å². The minimum Gasteiger partial charge on any atom is -0.368 e. The fraction of sp³-hybridized carbons (Fsp3) is 0.154. The van der Waals surface area contributed by atoms with Crippen LogP contribution in [0.25, 0.3) is 28.6 Å². The monoisotopic (exact) mass is 297 g/mol. The Hall–Kier alpha value is -3.23. The number of fused-ring (bicyclic) bond motifs is 1. The Morgan fingerprint density at radius 2 is 1.59 bits per heavy atom. The first-order chi connectivity index (χ1) is 10.6. The number of anilines is 1. The highest BCUT2D eigenvalue weighted by molar-refractivity contribution is 5.64. The summed E-state index contributed by atoms with van der Waals surface area (Å²) in [6, 6.07) is 5.28. The van der Waals surface area contributed by atoms with E-state index in [2.05, 4.69) is 25.4 Å². The molecule has 0 aliphatic rings. The summed E-state index contributed by atoms with van der Waals surface area (Å²) < 4.78 is 11.5. The quantitative estimate of drug-likeness (QED) is 0.592. The Morgan fingerprint density at radius 1 is 0.909 bits per heavy atom. The molecule has 4 heterocycles. The van der Waals surface area contributed by atoms with Crippen LogP contribution in [0.5, 0.6) is 0 Å². The predicted molar refractivity (Wildman–Crippen MR) is 75.7 cm³/mol. The van der Waals surface area contributed by atoms with Crippen molar-refractivity contribution in [2.24, 2.45) is 0 Å². The maximum absolute atomic E-state index is 5.94. The second-order valence-electron chi connectivity index (χ2n) is 4.85. The summed E-state index contributed by atoms with van der Waals surface area (Å²) in [4.78, 5) is 8.60. The van der Waals surface area contributed by atoms with Crippen LogP contribution in [0.4, 0.5) is 5.95 Å². The van der Waals surface area contributed by atoms with Gasteiger partial charge in [0.05, 0.1) is 0 Å². The third-order valence-corrected chi connectivity index (χ3v) is 3.10. The van der Waals surface area contributed by atoms with Crippen LogP contribution in [-0.2, 0) is 0 Å². The van der Waals surface area contributed by atoms with E-state index in [0.717, 1.165) is 0 Å². The van der Waals surface area contributed by atoms with Crippen LogP contribution >= 0.6 is 0 Å². The molecule has 0 atom stereocenters. The molecule has 4 aromatic rings. The van der Waals surface area contributed by atoms with Gasteiger partial charge >= 0.3 is 0 Å². The number of hydrogen-bond donors (Lipinski definition) is 1. The van der Waals surface area contributed by atoms with E-state index in [1.165, 1.54) is 4.52 Å². The molecule has 0 fully saturated rings. The highest BCUT2D eigenvalue weighted by atomic mass is 16.5. The molecule has 0 aromatic carbocycles. The minimum atomic E-state index is 0.201. The van der Waals surface area contributed by atoms with Crippen LogP contribution in [-0.4, -0.2) is 29.9 Å². The lowest BCUT2D eigenvalue weighted by Crippen LogP contribution is -2.05. The first kappa shape index (κ1) is 12.5.